The van der Waals surface area contributed by atoms with Crippen molar-refractivity contribution >= 4 is 17.1 Å². The van der Waals surface area contributed by atoms with E-state index in [1.165, 1.54) is 57.8 Å². The fourth-order valence-electron chi connectivity index (χ4n) is 4.16. The summed E-state index contributed by atoms with van der Waals surface area (Å²) in [6, 6.07) is 0. The van der Waals surface area contributed by atoms with Gasteiger partial charge in [-0.3, -0.25) is 0 Å². The van der Waals surface area contributed by atoms with Gasteiger partial charge < -0.3 is 14.4 Å². The Kier molecular flexibility index (Phi) is 9.09. The summed E-state index contributed by atoms with van der Waals surface area (Å²) in [6.45, 7) is 7.97. The predicted octanol–water partition coefficient (Wildman–Crippen LogP) is 6.93. The summed E-state index contributed by atoms with van der Waals surface area (Å²) in [6.07, 6.45) is 18.5. The molecule has 0 amide bonds. The Hall–Kier alpha value is -1.95. The molecule has 1 aliphatic rings. The number of ether oxygens (including phenoxy) is 1. The van der Waals surface area contributed by atoms with Crippen molar-refractivity contribution in [2.24, 2.45) is 5.41 Å². The molecule has 0 atom stereocenters. The first-order valence-electron chi connectivity index (χ1n) is 12.5. The first-order valence-corrected chi connectivity index (χ1v) is 12.5. The molecule has 0 aromatic carbocycles. The molecule has 2 aromatic heterocycles. The summed E-state index contributed by atoms with van der Waals surface area (Å²) in [5.74, 6) is -0.521. The molecule has 1 aliphatic carbocycles. The first-order chi connectivity index (χ1) is 15.3. The van der Waals surface area contributed by atoms with Crippen LogP contribution in [-0.4, -0.2) is 32.2 Å². The molecule has 2 aromatic rings. The minimum atomic E-state index is -0.967. The number of hydrogen-bond acceptors (Lipinski definition) is 4. The predicted molar refractivity (Wildman–Crippen MR) is 128 cm³/mol. The molecule has 1 saturated carbocycles. The molecule has 6 nitrogen and oxygen atoms in total. The van der Waals surface area contributed by atoms with E-state index in [1.807, 2.05) is 0 Å². The highest BCUT2D eigenvalue weighted by molar-refractivity contribution is 6.00. The van der Waals surface area contributed by atoms with Gasteiger partial charge in [-0.2, -0.15) is 0 Å². The highest BCUT2D eigenvalue weighted by atomic mass is 16.5. The Morgan fingerprint density at radius 1 is 1.06 bits per heavy atom. The maximum Gasteiger partial charge on any atom is 0.339 e. The Bertz CT molecular complexity index is 865. The number of carboxylic acids is 1. The molecule has 2 heterocycles. The third kappa shape index (κ3) is 7.88. The van der Waals surface area contributed by atoms with E-state index in [4.69, 9.17) is 4.74 Å². The van der Waals surface area contributed by atoms with Crippen LogP contribution in [0.15, 0.2) is 12.4 Å². The Balaban J connectivity index is 1.28. The van der Waals surface area contributed by atoms with Gasteiger partial charge in [0.15, 0.2) is 5.65 Å². The number of unbranched alkanes of at least 4 members (excludes halogenated alkanes) is 8. The smallest absolute Gasteiger partial charge is 0.339 e. The zero-order valence-electron chi connectivity index (χ0n) is 20.2. The van der Waals surface area contributed by atoms with Crippen molar-refractivity contribution in [3.05, 3.63) is 23.7 Å². The lowest BCUT2D eigenvalue weighted by Gasteiger charge is -2.17. The van der Waals surface area contributed by atoms with Crippen LogP contribution in [0.25, 0.3) is 11.2 Å². The van der Waals surface area contributed by atoms with Gasteiger partial charge in [0.2, 0.25) is 0 Å². The van der Waals surface area contributed by atoms with E-state index in [2.05, 4.69) is 30.7 Å². The Morgan fingerprint density at radius 3 is 2.28 bits per heavy atom. The molecule has 178 valence electrons. The largest absolute Gasteiger partial charge is 0.478 e. The third-order valence-electron chi connectivity index (χ3n) is 6.26. The first kappa shape index (κ1) is 24.7. The van der Waals surface area contributed by atoms with Crippen molar-refractivity contribution in [1.29, 1.82) is 0 Å². The average molecular weight is 444 g/mol. The van der Waals surface area contributed by atoms with E-state index in [1.54, 1.807) is 17.0 Å². The topological polar surface area (TPSA) is 77.2 Å². The SMILES string of the molecule is CC(C)(C)CCCCCCCCCCCOCn1cc(C(=O)O)c2nc(C3CC3)cnc21. The summed E-state index contributed by atoms with van der Waals surface area (Å²) in [5, 5.41) is 9.52. The van der Waals surface area contributed by atoms with Crippen molar-refractivity contribution in [2.75, 3.05) is 6.61 Å². The van der Waals surface area contributed by atoms with Crippen LogP contribution in [-0.2, 0) is 11.5 Å². The molecule has 32 heavy (non-hydrogen) atoms. The van der Waals surface area contributed by atoms with Crippen LogP contribution in [0.4, 0.5) is 0 Å². The molecule has 1 N–H and O–H groups in total. The van der Waals surface area contributed by atoms with E-state index < -0.39 is 5.97 Å². The van der Waals surface area contributed by atoms with Crippen molar-refractivity contribution in [1.82, 2.24) is 14.5 Å². The normalized spacial score (nSPS) is 14.3. The lowest BCUT2D eigenvalue weighted by atomic mass is 9.89. The average Bonchev–Trinajstić information content (AvgIpc) is 3.52. The number of fused-ring (bicyclic) bond motifs is 1. The van der Waals surface area contributed by atoms with Gasteiger partial charge in [0.1, 0.15) is 17.8 Å². The van der Waals surface area contributed by atoms with Crippen molar-refractivity contribution in [2.45, 2.75) is 110 Å². The lowest BCUT2D eigenvalue weighted by Crippen LogP contribution is -2.04. The van der Waals surface area contributed by atoms with E-state index in [0.29, 0.717) is 35.8 Å². The van der Waals surface area contributed by atoms with Crippen molar-refractivity contribution < 1.29 is 14.6 Å². The maximum absolute atomic E-state index is 11.6. The summed E-state index contributed by atoms with van der Waals surface area (Å²) in [7, 11) is 0. The highest BCUT2D eigenvalue weighted by Gasteiger charge is 2.27. The molecule has 0 unspecified atom stereocenters. The number of hydrogen-bond donors (Lipinski definition) is 1. The van der Waals surface area contributed by atoms with Crippen LogP contribution < -0.4 is 0 Å². The van der Waals surface area contributed by atoms with Crippen LogP contribution in [0.2, 0.25) is 0 Å². The molecule has 0 spiro atoms. The molecular formula is C26H41N3O3. The Morgan fingerprint density at radius 2 is 1.69 bits per heavy atom. The molecule has 0 bridgehead atoms. The second-order valence-corrected chi connectivity index (χ2v) is 10.6. The van der Waals surface area contributed by atoms with Crippen molar-refractivity contribution in [3.8, 4) is 0 Å². The van der Waals surface area contributed by atoms with E-state index in [-0.39, 0.29) is 5.56 Å². The van der Waals surface area contributed by atoms with Crippen LogP contribution in [0.1, 0.15) is 120 Å². The molecule has 6 heteroatoms. The second-order valence-electron chi connectivity index (χ2n) is 10.6. The van der Waals surface area contributed by atoms with Gasteiger partial charge in [0.25, 0.3) is 0 Å². The van der Waals surface area contributed by atoms with Gasteiger partial charge >= 0.3 is 5.97 Å². The fourth-order valence-corrected chi connectivity index (χ4v) is 4.16. The van der Waals surface area contributed by atoms with Gasteiger partial charge in [0.05, 0.1) is 11.9 Å². The number of aromatic carboxylic acids is 1. The van der Waals surface area contributed by atoms with Crippen LogP contribution >= 0.6 is 0 Å². The minimum Gasteiger partial charge on any atom is -0.478 e. The monoisotopic (exact) mass is 443 g/mol. The number of carboxylic acid groups (broad SMARTS) is 1. The summed E-state index contributed by atoms with van der Waals surface area (Å²) in [4.78, 5) is 20.7. The van der Waals surface area contributed by atoms with E-state index in [0.717, 1.165) is 25.0 Å². The van der Waals surface area contributed by atoms with E-state index in [9.17, 15) is 9.90 Å². The second kappa shape index (κ2) is 11.8. The molecule has 3 rings (SSSR count). The zero-order chi connectivity index (χ0) is 23.0. The molecule has 0 radical (unpaired) electrons. The van der Waals surface area contributed by atoms with Crippen LogP contribution in [0.5, 0.6) is 0 Å². The number of rotatable bonds is 15. The highest BCUT2D eigenvalue weighted by Crippen LogP contribution is 2.39. The van der Waals surface area contributed by atoms with Gasteiger partial charge in [-0.05, 0) is 31.1 Å². The van der Waals surface area contributed by atoms with Crippen LogP contribution in [0, 0.1) is 5.41 Å². The van der Waals surface area contributed by atoms with Gasteiger partial charge in [-0.15, -0.1) is 0 Å². The van der Waals surface area contributed by atoms with E-state index >= 15 is 0 Å². The fraction of sp³-hybridized carbons (Fsp3) is 0.731. The van der Waals surface area contributed by atoms with Crippen LogP contribution in [0.3, 0.4) is 0 Å². The molecular weight excluding hydrogens is 402 g/mol. The summed E-state index contributed by atoms with van der Waals surface area (Å²) < 4.78 is 7.58. The third-order valence-corrected chi connectivity index (χ3v) is 6.26. The molecule has 0 saturated heterocycles. The number of aromatic nitrogens is 3. The van der Waals surface area contributed by atoms with Crippen molar-refractivity contribution in [3.63, 3.8) is 0 Å². The molecule has 1 fully saturated rings. The standard InChI is InChI=1S/C26H41N3O3/c1-26(2,3)15-11-9-7-5-4-6-8-10-12-16-32-19-29-18-21(25(30)31)23-24(29)27-17-22(28-23)20-13-14-20/h17-18,20H,4-16,19H2,1-3H3,(H,30,31). The summed E-state index contributed by atoms with van der Waals surface area (Å²) in [5.41, 5.74) is 2.65. The molecule has 0 aliphatic heterocycles. The quantitative estimate of drug-likeness (QED) is 0.302. The Labute approximate surface area is 192 Å². The number of nitrogens with zero attached hydrogens (tertiary/aromatic N) is 3. The van der Waals surface area contributed by atoms with Gasteiger partial charge in [-0.25, -0.2) is 14.8 Å². The zero-order valence-corrected chi connectivity index (χ0v) is 20.2. The lowest BCUT2D eigenvalue weighted by molar-refractivity contribution is 0.0691. The number of carbonyl (C=O) groups is 1. The van der Waals surface area contributed by atoms with Gasteiger partial charge in [0, 0.05) is 18.7 Å². The maximum atomic E-state index is 11.6. The minimum absolute atomic E-state index is 0.206. The van der Waals surface area contributed by atoms with Gasteiger partial charge in [-0.1, -0.05) is 72.1 Å². The summed E-state index contributed by atoms with van der Waals surface area (Å²) >= 11 is 0.